The SMILES string of the molecule is CCCCCC(C(=O)NC(CCC1OC(COCCc2ccc(CCN)cc2)C(O)C(O)C1O)C(O)C(C)O)c1ccccc1. The molecule has 252 valence electrons. The summed E-state index contributed by atoms with van der Waals surface area (Å²) in [6, 6.07) is 16.8. The number of aliphatic hydroxyl groups is 5. The van der Waals surface area contributed by atoms with Crippen molar-refractivity contribution < 1.29 is 39.8 Å². The van der Waals surface area contributed by atoms with Crippen molar-refractivity contribution in [2.24, 2.45) is 5.73 Å². The second kappa shape index (κ2) is 19.3. The minimum Gasteiger partial charge on any atom is -0.391 e. The van der Waals surface area contributed by atoms with Crippen molar-refractivity contribution in [1.29, 1.82) is 0 Å². The minimum absolute atomic E-state index is 0.0136. The van der Waals surface area contributed by atoms with Crippen molar-refractivity contribution in [3.63, 3.8) is 0 Å². The number of rotatable bonds is 19. The van der Waals surface area contributed by atoms with Gasteiger partial charge in [0.25, 0.3) is 0 Å². The molecule has 2 aromatic rings. The van der Waals surface area contributed by atoms with Crippen LogP contribution in [0.25, 0.3) is 0 Å². The minimum atomic E-state index is -1.46. The Labute approximate surface area is 267 Å². The van der Waals surface area contributed by atoms with Gasteiger partial charge in [-0.1, -0.05) is 80.8 Å². The number of unbranched alkanes of at least 4 members (excludes halogenated alkanes) is 2. The molecule has 10 heteroatoms. The summed E-state index contributed by atoms with van der Waals surface area (Å²) >= 11 is 0. The number of ether oxygens (including phenoxy) is 2. The summed E-state index contributed by atoms with van der Waals surface area (Å²) in [6.07, 6.45) is -3.01. The maximum absolute atomic E-state index is 13.6. The smallest absolute Gasteiger partial charge is 0.227 e. The zero-order chi connectivity index (χ0) is 32.8. The maximum atomic E-state index is 13.6. The van der Waals surface area contributed by atoms with Crippen LogP contribution in [0.3, 0.4) is 0 Å². The van der Waals surface area contributed by atoms with Crippen LogP contribution in [-0.4, -0.2) is 100.0 Å². The molecule has 1 saturated heterocycles. The third kappa shape index (κ3) is 11.4. The van der Waals surface area contributed by atoms with Crippen molar-refractivity contribution >= 4 is 5.91 Å². The van der Waals surface area contributed by atoms with E-state index < -0.39 is 54.7 Å². The van der Waals surface area contributed by atoms with Crippen molar-refractivity contribution in [1.82, 2.24) is 5.32 Å². The number of nitrogens with one attached hydrogen (secondary N) is 1. The van der Waals surface area contributed by atoms with Gasteiger partial charge in [-0.2, -0.15) is 0 Å². The molecule has 9 unspecified atom stereocenters. The second-order valence-electron chi connectivity index (χ2n) is 12.2. The fraction of sp³-hybridized carbons (Fsp3) is 0.629. The first kappa shape index (κ1) is 37.1. The van der Waals surface area contributed by atoms with E-state index in [1.165, 1.54) is 12.5 Å². The molecule has 0 aromatic heterocycles. The number of benzene rings is 2. The molecule has 0 radical (unpaired) electrons. The Hall–Kier alpha value is -2.41. The van der Waals surface area contributed by atoms with Crippen LogP contribution in [-0.2, 0) is 27.1 Å². The summed E-state index contributed by atoms with van der Waals surface area (Å²) < 4.78 is 11.8. The lowest BCUT2D eigenvalue weighted by Crippen LogP contribution is -2.59. The van der Waals surface area contributed by atoms with Crippen LogP contribution in [0.1, 0.15) is 75.0 Å². The van der Waals surface area contributed by atoms with Gasteiger partial charge in [0.15, 0.2) is 0 Å². The molecule has 0 saturated carbocycles. The summed E-state index contributed by atoms with van der Waals surface area (Å²) in [6.45, 7) is 4.54. The predicted octanol–water partition coefficient (Wildman–Crippen LogP) is 1.97. The van der Waals surface area contributed by atoms with Crippen LogP contribution in [0.4, 0.5) is 0 Å². The highest BCUT2D eigenvalue weighted by Crippen LogP contribution is 2.27. The van der Waals surface area contributed by atoms with Crippen molar-refractivity contribution in [3.05, 3.63) is 71.3 Å². The van der Waals surface area contributed by atoms with Gasteiger partial charge in [-0.3, -0.25) is 4.79 Å². The fourth-order valence-electron chi connectivity index (χ4n) is 5.86. The summed E-state index contributed by atoms with van der Waals surface area (Å²) in [5.41, 5.74) is 8.76. The monoisotopic (exact) mass is 630 g/mol. The van der Waals surface area contributed by atoms with Gasteiger partial charge in [0.1, 0.15) is 24.4 Å². The zero-order valence-electron chi connectivity index (χ0n) is 26.7. The third-order valence-electron chi connectivity index (χ3n) is 8.70. The van der Waals surface area contributed by atoms with Crippen LogP contribution in [0.15, 0.2) is 54.6 Å². The summed E-state index contributed by atoms with van der Waals surface area (Å²) in [5, 5.41) is 55.9. The first-order valence-corrected chi connectivity index (χ1v) is 16.4. The Bertz CT molecular complexity index is 1100. The Balaban J connectivity index is 1.60. The van der Waals surface area contributed by atoms with Gasteiger partial charge < -0.3 is 46.1 Å². The molecule has 1 fully saturated rings. The van der Waals surface area contributed by atoms with Gasteiger partial charge in [-0.15, -0.1) is 0 Å². The average molecular weight is 631 g/mol. The number of carbonyl (C=O) groups is 1. The van der Waals surface area contributed by atoms with Crippen LogP contribution in [0.2, 0.25) is 0 Å². The lowest BCUT2D eigenvalue weighted by molar-refractivity contribution is -0.234. The summed E-state index contributed by atoms with van der Waals surface area (Å²) in [5.74, 6) is -0.664. The van der Waals surface area contributed by atoms with Gasteiger partial charge in [0.2, 0.25) is 5.91 Å². The van der Waals surface area contributed by atoms with E-state index in [1.54, 1.807) is 0 Å². The normalized spacial score (nSPS) is 24.5. The number of nitrogens with two attached hydrogens (primary N) is 1. The molecule has 1 aliphatic heterocycles. The number of amides is 1. The fourth-order valence-corrected chi connectivity index (χ4v) is 5.86. The van der Waals surface area contributed by atoms with Gasteiger partial charge in [-0.05, 0) is 62.3 Å². The molecule has 0 aliphatic carbocycles. The van der Waals surface area contributed by atoms with Crippen LogP contribution in [0.5, 0.6) is 0 Å². The molecule has 10 nitrogen and oxygen atoms in total. The lowest BCUT2D eigenvalue weighted by Gasteiger charge is -2.41. The molecule has 0 spiro atoms. The van der Waals surface area contributed by atoms with E-state index in [4.69, 9.17) is 15.2 Å². The van der Waals surface area contributed by atoms with Crippen LogP contribution >= 0.6 is 0 Å². The Kier molecular flexibility index (Phi) is 15.9. The second-order valence-corrected chi connectivity index (χ2v) is 12.2. The maximum Gasteiger partial charge on any atom is 0.227 e. The van der Waals surface area contributed by atoms with Gasteiger partial charge >= 0.3 is 0 Å². The highest BCUT2D eigenvalue weighted by molar-refractivity contribution is 5.84. The molecule has 1 heterocycles. The molecular weight excluding hydrogens is 576 g/mol. The molecule has 8 N–H and O–H groups in total. The van der Waals surface area contributed by atoms with Crippen molar-refractivity contribution in [2.75, 3.05) is 19.8 Å². The van der Waals surface area contributed by atoms with E-state index in [1.807, 2.05) is 54.6 Å². The first-order valence-electron chi connectivity index (χ1n) is 16.4. The summed E-state index contributed by atoms with van der Waals surface area (Å²) in [7, 11) is 0. The Morgan fingerprint density at radius 1 is 0.911 bits per heavy atom. The van der Waals surface area contributed by atoms with Crippen LogP contribution < -0.4 is 11.1 Å². The van der Waals surface area contributed by atoms with E-state index in [0.717, 1.165) is 36.8 Å². The number of hydrogen-bond donors (Lipinski definition) is 7. The molecule has 1 amide bonds. The molecule has 0 bridgehead atoms. The Morgan fingerprint density at radius 2 is 1.56 bits per heavy atom. The lowest BCUT2D eigenvalue weighted by atomic mass is 9.89. The average Bonchev–Trinajstić information content (AvgIpc) is 3.04. The molecule has 2 aromatic carbocycles. The van der Waals surface area contributed by atoms with Gasteiger partial charge in [0.05, 0.1) is 43.5 Å². The Morgan fingerprint density at radius 3 is 2.18 bits per heavy atom. The first-order chi connectivity index (χ1) is 21.7. The molecule has 1 aliphatic rings. The predicted molar refractivity (Wildman–Crippen MR) is 173 cm³/mol. The van der Waals surface area contributed by atoms with E-state index in [9.17, 15) is 30.3 Å². The van der Waals surface area contributed by atoms with E-state index in [2.05, 4.69) is 12.2 Å². The number of aliphatic hydroxyl groups excluding tert-OH is 5. The molecular formula is C35H54N2O8. The number of hydrogen-bond acceptors (Lipinski definition) is 9. The number of carbonyl (C=O) groups excluding carboxylic acids is 1. The largest absolute Gasteiger partial charge is 0.391 e. The van der Waals surface area contributed by atoms with E-state index in [0.29, 0.717) is 26.0 Å². The van der Waals surface area contributed by atoms with Crippen molar-refractivity contribution in [2.45, 2.75) is 120 Å². The highest BCUT2D eigenvalue weighted by Gasteiger charge is 2.44. The van der Waals surface area contributed by atoms with Gasteiger partial charge in [-0.25, -0.2) is 0 Å². The van der Waals surface area contributed by atoms with E-state index >= 15 is 0 Å². The highest BCUT2D eigenvalue weighted by atomic mass is 16.6. The molecule has 3 rings (SSSR count). The van der Waals surface area contributed by atoms with Crippen molar-refractivity contribution in [3.8, 4) is 0 Å². The molecule has 9 atom stereocenters. The van der Waals surface area contributed by atoms with Gasteiger partial charge in [0, 0.05) is 0 Å². The standard InChI is InChI=1S/C35H54N2O8/c1-3-4-6-11-27(26-9-7-5-8-10-26)35(43)37-28(31(39)23(2)38)16-17-29-32(40)34(42)33(41)30(45-29)22-44-21-19-25-14-12-24(13-15-25)18-20-36/h5,7-10,12-15,23,27-34,38-42H,3-4,6,11,16-22,36H2,1-2H3,(H,37,43). The van der Waals surface area contributed by atoms with E-state index in [-0.39, 0.29) is 25.4 Å². The molecule has 45 heavy (non-hydrogen) atoms. The zero-order valence-corrected chi connectivity index (χ0v) is 26.7. The van der Waals surface area contributed by atoms with Crippen LogP contribution in [0, 0.1) is 0 Å². The topological polar surface area (TPSA) is 175 Å². The third-order valence-corrected chi connectivity index (χ3v) is 8.70. The quantitative estimate of drug-likeness (QED) is 0.115. The summed E-state index contributed by atoms with van der Waals surface area (Å²) in [4.78, 5) is 13.6.